The fourth-order valence-electron chi connectivity index (χ4n) is 13.0. The third kappa shape index (κ3) is 30.7. The summed E-state index contributed by atoms with van der Waals surface area (Å²) in [6.45, 7) is 0. The van der Waals surface area contributed by atoms with Gasteiger partial charge in [0.15, 0.2) is 28.9 Å². The number of benzene rings is 13. The summed E-state index contributed by atoms with van der Waals surface area (Å²) in [5, 5.41) is 19.6. The topological polar surface area (TPSA) is 315 Å². The van der Waals surface area contributed by atoms with E-state index in [1.807, 2.05) is 84.9 Å². The third-order valence-corrected chi connectivity index (χ3v) is 20.3. The van der Waals surface area contributed by atoms with Crippen LogP contribution in [0.25, 0.3) is 0 Å². The molecule has 2 N–H and O–H groups in total. The average Bonchev–Trinajstić information content (AvgIpc) is 0.708. The van der Waals surface area contributed by atoms with E-state index in [1.165, 1.54) is 65.9 Å². The molecule has 14 rings (SSSR count). The molecule has 3 atom stereocenters. The van der Waals surface area contributed by atoms with Gasteiger partial charge in [0.2, 0.25) is 0 Å². The normalized spacial score (nSPS) is 11.9. The van der Waals surface area contributed by atoms with Gasteiger partial charge in [0.25, 0.3) is 5.24 Å². The number of ketones is 5. The molecular formula is C104H97ClI3O25-. The Morgan fingerprint density at radius 1 is 0.376 bits per heavy atom. The number of hydrogen-bond donors (Lipinski definition) is 2. The van der Waals surface area contributed by atoms with E-state index in [1.54, 1.807) is 233 Å². The summed E-state index contributed by atoms with van der Waals surface area (Å²) in [5.74, 6) is 4.94. The molecule has 1 heterocycles. The van der Waals surface area contributed by atoms with Crippen LogP contribution in [-0.4, -0.2) is 149 Å². The van der Waals surface area contributed by atoms with Crippen LogP contribution in [0.15, 0.2) is 291 Å². The third-order valence-electron chi connectivity index (χ3n) is 20.1. The van der Waals surface area contributed by atoms with Crippen LogP contribution in [0.1, 0.15) is 129 Å². The van der Waals surface area contributed by atoms with Crippen molar-refractivity contribution in [3.8, 4) is 97.7 Å². The van der Waals surface area contributed by atoms with Gasteiger partial charge in [-0.1, -0.05) is 60.7 Å². The predicted molar refractivity (Wildman–Crippen MR) is 519 cm³/mol. The zero-order chi connectivity index (χ0) is 96.5. The van der Waals surface area contributed by atoms with Crippen LogP contribution in [0.5, 0.6) is 97.7 Å². The first kappa shape index (κ1) is 105. The molecule has 13 aromatic rings. The van der Waals surface area contributed by atoms with Gasteiger partial charge in [0.05, 0.1) is 126 Å². The maximum absolute atomic E-state index is 13.6. The summed E-state index contributed by atoms with van der Waals surface area (Å²) in [4.78, 5) is 99.0. The monoisotopic (exact) mass is 2160 g/mol. The van der Waals surface area contributed by atoms with E-state index in [0.717, 1.165) is 40.0 Å². The molecule has 133 heavy (non-hydrogen) atoms. The van der Waals surface area contributed by atoms with Gasteiger partial charge in [0, 0.05) is 29.5 Å². The number of phenolic OH excluding ortho intramolecular Hbond substituents is 2. The number of carbonyl (C=O) groups excluding carboxylic acids is 8. The van der Waals surface area contributed by atoms with Gasteiger partial charge in [-0.05, 0) is 270 Å². The number of esters is 1. The van der Waals surface area contributed by atoms with E-state index in [-0.39, 0.29) is 64.1 Å². The Morgan fingerprint density at radius 2 is 0.737 bits per heavy atom. The number of fused-ring (bicyclic) bond motifs is 1. The van der Waals surface area contributed by atoms with Crippen molar-refractivity contribution >= 4 is 95.2 Å². The first-order valence-corrected chi connectivity index (χ1v) is 53.2. The molecule has 0 aromatic heterocycles. The Kier molecular flexibility index (Phi) is 42.7. The van der Waals surface area contributed by atoms with Crippen molar-refractivity contribution in [2.75, 3.05) is 92.4 Å². The molecule has 0 radical (unpaired) electrons. The Morgan fingerprint density at radius 3 is 1.20 bits per heavy atom. The van der Waals surface area contributed by atoms with Crippen molar-refractivity contribution < 1.29 is 133 Å². The van der Waals surface area contributed by atoms with Crippen molar-refractivity contribution in [3.63, 3.8) is 0 Å². The molecule has 0 fully saturated rings. The number of Topliss-reactive ketones (excluding diaryl/α,β-unsaturated/α-hetero) is 5. The first-order chi connectivity index (χ1) is 64.3. The zero-order valence-electron chi connectivity index (χ0n) is 74.7. The number of phenols is 2. The van der Waals surface area contributed by atoms with E-state index in [4.69, 9.17) is 82.7 Å². The molecule has 1 aliphatic rings. The summed E-state index contributed by atoms with van der Waals surface area (Å²) in [7, 11) is 20.2. The van der Waals surface area contributed by atoms with Gasteiger partial charge >= 0.3 is 56.5 Å². The molecule has 0 aliphatic carbocycles. The van der Waals surface area contributed by atoms with Crippen LogP contribution in [0, 0.1) is 0 Å². The molecule has 29 heteroatoms. The second-order valence-corrected chi connectivity index (χ2v) is 44.6. The van der Waals surface area contributed by atoms with Crippen molar-refractivity contribution in [1.82, 2.24) is 0 Å². The summed E-state index contributed by atoms with van der Waals surface area (Å²) in [6, 6.07) is 82.1. The number of rotatable bonds is 30. The molecule has 13 aromatic carbocycles. The van der Waals surface area contributed by atoms with Crippen molar-refractivity contribution in [2.24, 2.45) is 0 Å². The standard InChI is InChI=1S/2C24H22O6.C24H22O5.C16H16O4.C8H7ClO2.C8H8O2.I3/c1-27-18-9-7-17(8-10-18)24(26)30-23-12-11-20(29-3)15-21(23)22(25)14-16-5-4-6-19(13-16)28-2;1-28-17-9-7-15(8-10-17)23(26)22(16-5-4-6-18(13-16)29-2)24(27)20-14-19(30-3)11-12-21(20)25;1-26-17-9-7-15(8-10-17)24-22(16-5-4-6-18(13-16)27-2)23(25)20-14-19(28-3)11-12-21(20)29-24;1-19-12-5-3-4-11(8-12)9-16(18)14-10-13(20-2)6-7-15(14)17;1-11-7-4-2-6(3-5-7)8(9)10;1-10-8-4-2-7(6-9)3-5-8;1-3-2/h4-13,15H,14H2,1-3H3;4-14,22,25H,1-3H3;4-14,22,24H,1-3H3;3-8,10,17H,9H2,1-2H3;2-5H,1H3;2-6H,1H3;/q;;;;;;-1. The fourth-order valence-corrected chi connectivity index (χ4v) is 13.2. The van der Waals surface area contributed by atoms with Crippen LogP contribution in [0.2, 0.25) is 0 Å². The van der Waals surface area contributed by atoms with Gasteiger partial charge in [0.1, 0.15) is 116 Å². The second kappa shape index (κ2) is 54.2. The number of aromatic hydroxyl groups is 2. The van der Waals surface area contributed by atoms with Gasteiger partial charge in [-0.25, -0.2) is 4.79 Å². The number of ether oxygens (including phenoxy) is 15. The van der Waals surface area contributed by atoms with Crippen LogP contribution >= 0.6 is 48.8 Å². The number of hydrogen-bond acceptors (Lipinski definition) is 25. The summed E-state index contributed by atoms with van der Waals surface area (Å²) >= 11 is 10.5. The van der Waals surface area contributed by atoms with Crippen LogP contribution in [0.4, 0.5) is 0 Å². The van der Waals surface area contributed by atoms with E-state index in [9.17, 15) is 48.6 Å². The summed E-state index contributed by atoms with van der Waals surface area (Å²) in [6.07, 6.45) is 0.649. The average molecular weight is 2160 g/mol. The Bertz CT molecular complexity index is 6040. The quantitative estimate of drug-likeness (QED) is 0.00803. The zero-order valence-corrected chi connectivity index (χ0v) is 82.0. The number of aldehydes is 1. The molecule has 25 nitrogen and oxygen atoms in total. The molecule has 0 saturated carbocycles. The van der Waals surface area contributed by atoms with E-state index < -0.39 is 40.7 Å². The summed E-state index contributed by atoms with van der Waals surface area (Å²) < 4.78 is 78.9. The number of methoxy groups -OCH3 is 13. The molecule has 0 amide bonds. The minimum absolute atomic E-state index is 0.00373. The molecular weight excluding hydrogens is 2070 g/mol. The first-order valence-electron chi connectivity index (χ1n) is 40.3. The second-order valence-electron chi connectivity index (χ2n) is 28.1. The van der Waals surface area contributed by atoms with Gasteiger partial charge < -0.3 is 81.3 Å². The SMILES string of the molecule is COc1ccc(C(=O)C(C(=O)c2cc(OC)ccc2O)c2cccc(OC)c2)cc1.COc1ccc(C(=O)Cl)cc1.COc1ccc(C(=O)Oc2ccc(OC)cc2C(=O)Cc2cccc(OC)c2)cc1.COc1ccc(C2Oc3ccc(OC)cc3C(=O)C2c2cccc(OC)c2)cc1.COc1ccc(C=O)cc1.COc1cccc(CC(=O)c2cc(OC)ccc2O)c1.I[I-]I. The Balaban J connectivity index is 0.000000202. The van der Waals surface area contributed by atoms with Gasteiger partial charge in [-0.15, -0.1) is 0 Å². The number of halogens is 4. The van der Waals surface area contributed by atoms with E-state index >= 15 is 0 Å². The fraction of sp³-hybridized carbons (Fsp3) is 0.173. The maximum atomic E-state index is 13.6. The van der Waals surface area contributed by atoms with E-state index in [0.29, 0.717) is 116 Å². The van der Waals surface area contributed by atoms with Crippen molar-refractivity contribution in [3.05, 3.63) is 364 Å². The van der Waals surface area contributed by atoms with Gasteiger partial charge in [-0.2, -0.15) is 0 Å². The molecule has 3 unspecified atom stereocenters. The Labute approximate surface area is 806 Å². The molecule has 692 valence electrons. The number of carbonyl (C=O) groups is 8. The van der Waals surface area contributed by atoms with Crippen LogP contribution < -0.4 is 84.3 Å². The molecule has 0 spiro atoms. The summed E-state index contributed by atoms with van der Waals surface area (Å²) in [5.41, 5.74) is 6.69. The molecule has 0 bridgehead atoms. The van der Waals surface area contributed by atoms with Crippen LogP contribution in [0.3, 0.4) is 0 Å². The molecule has 1 aliphatic heterocycles. The molecule has 0 saturated heterocycles. The van der Waals surface area contributed by atoms with Gasteiger partial charge in [-0.3, -0.25) is 33.6 Å². The van der Waals surface area contributed by atoms with Crippen molar-refractivity contribution in [2.45, 2.75) is 30.8 Å². The van der Waals surface area contributed by atoms with Crippen LogP contribution in [-0.2, 0) is 12.8 Å². The predicted octanol–water partition coefficient (Wildman–Crippen LogP) is 18.6. The van der Waals surface area contributed by atoms with E-state index in [2.05, 4.69) is 37.2 Å². The minimum atomic E-state index is -1.17. The Hall–Kier alpha value is -13.7. The van der Waals surface area contributed by atoms with Crippen molar-refractivity contribution in [1.29, 1.82) is 0 Å².